The van der Waals surface area contributed by atoms with Crippen LogP contribution in [0.4, 0.5) is 11.6 Å². The Kier molecular flexibility index (Phi) is 6.74. The molecule has 1 aromatic carbocycles. The lowest BCUT2D eigenvalue weighted by Crippen LogP contribution is -2.15. The Hall–Kier alpha value is -2.87. The zero-order valence-corrected chi connectivity index (χ0v) is 15.6. The Balaban J connectivity index is 2.04. The Labute approximate surface area is 153 Å². The van der Waals surface area contributed by atoms with Crippen molar-refractivity contribution in [3.8, 4) is 11.6 Å². The first kappa shape index (κ1) is 19.5. The maximum atomic E-state index is 11.3. The molecule has 0 aliphatic heterocycles. The molecular weight excluding hydrogens is 334 g/mol. The van der Waals surface area contributed by atoms with Crippen LogP contribution in [-0.2, 0) is 0 Å². The fraction of sp³-hybridized carbons (Fsp3) is 0.389. The van der Waals surface area contributed by atoms with Crippen molar-refractivity contribution in [3.05, 3.63) is 35.5 Å². The predicted molar refractivity (Wildman–Crippen MR) is 100 cm³/mol. The van der Waals surface area contributed by atoms with Gasteiger partial charge >= 0.3 is 0 Å². The second-order valence-corrected chi connectivity index (χ2v) is 6.09. The smallest absolute Gasteiger partial charge is 0.255 e. The molecule has 0 spiro atoms. The maximum Gasteiger partial charge on any atom is 0.255 e. The number of amides is 1. The highest BCUT2D eigenvalue weighted by molar-refractivity contribution is 5.94. The van der Waals surface area contributed by atoms with Gasteiger partial charge in [-0.3, -0.25) is 4.79 Å². The number of nitrogens with one attached hydrogen (secondary N) is 1. The van der Waals surface area contributed by atoms with Crippen molar-refractivity contribution >= 4 is 17.5 Å². The van der Waals surface area contributed by atoms with Gasteiger partial charge < -0.3 is 25.4 Å². The number of ether oxygens (including phenoxy) is 2. The molecule has 1 amide bonds. The van der Waals surface area contributed by atoms with Gasteiger partial charge in [-0.05, 0) is 51.2 Å². The van der Waals surface area contributed by atoms with E-state index >= 15 is 0 Å². The van der Waals surface area contributed by atoms with E-state index < -0.39 is 5.91 Å². The van der Waals surface area contributed by atoms with Crippen LogP contribution < -0.4 is 20.5 Å². The molecule has 0 saturated carbocycles. The standard InChI is InChI=1S/C18H25N5O3/c1-12-10-13(6-7-15(12)26-9-5-8-23(2)3)21-18-20-11-14(16(19)24)17(22-18)25-4/h6-7,10-11H,5,8-9H2,1-4H3,(H2,19,24)(H,20,21,22). The summed E-state index contributed by atoms with van der Waals surface area (Å²) < 4.78 is 10.9. The number of aromatic nitrogens is 2. The van der Waals surface area contributed by atoms with E-state index in [-0.39, 0.29) is 11.4 Å². The fourth-order valence-electron chi connectivity index (χ4n) is 2.33. The number of methoxy groups -OCH3 is 1. The molecule has 2 rings (SSSR count). The fourth-order valence-corrected chi connectivity index (χ4v) is 2.33. The van der Waals surface area contributed by atoms with Crippen molar-refractivity contribution in [1.29, 1.82) is 0 Å². The number of nitrogens with zero attached hydrogens (tertiary/aromatic N) is 3. The minimum Gasteiger partial charge on any atom is -0.493 e. The number of nitrogens with two attached hydrogens (primary N) is 1. The van der Waals surface area contributed by atoms with E-state index in [1.165, 1.54) is 13.3 Å². The van der Waals surface area contributed by atoms with E-state index in [0.29, 0.717) is 12.6 Å². The zero-order valence-electron chi connectivity index (χ0n) is 15.6. The van der Waals surface area contributed by atoms with Crippen molar-refractivity contribution in [2.24, 2.45) is 5.73 Å². The maximum absolute atomic E-state index is 11.3. The number of carbonyl (C=O) groups excluding carboxylic acids is 1. The Morgan fingerprint density at radius 3 is 2.73 bits per heavy atom. The van der Waals surface area contributed by atoms with Crippen LogP contribution in [-0.4, -0.2) is 55.1 Å². The van der Waals surface area contributed by atoms with E-state index in [9.17, 15) is 4.79 Å². The average molecular weight is 359 g/mol. The van der Waals surface area contributed by atoms with E-state index in [2.05, 4.69) is 20.2 Å². The monoisotopic (exact) mass is 359 g/mol. The minimum atomic E-state index is -0.639. The van der Waals surface area contributed by atoms with Crippen LogP contribution >= 0.6 is 0 Å². The Bertz CT molecular complexity index is 764. The molecule has 3 N–H and O–H groups in total. The number of anilines is 2. The van der Waals surface area contributed by atoms with Crippen molar-refractivity contribution in [1.82, 2.24) is 14.9 Å². The first-order chi connectivity index (χ1) is 12.4. The van der Waals surface area contributed by atoms with Crippen LogP contribution in [0.3, 0.4) is 0 Å². The molecule has 140 valence electrons. The highest BCUT2D eigenvalue weighted by Gasteiger charge is 2.13. The summed E-state index contributed by atoms with van der Waals surface area (Å²) in [6, 6.07) is 5.73. The van der Waals surface area contributed by atoms with Crippen molar-refractivity contribution in [3.63, 3.8) is 0 Å². The van der Waals surface area contributed by atoms with Gasteiger partial charge in [-0.15, -0.1) is 0 Å². The summed E-state index contributed by atoms with van der Waals surface area (Å²) in [7, 11) is 5.50. The van der Waals surface area contributed by atoms with Gasteiger partial charge in [0.1, 0.15) is 11.3 Å². The van der Waals surface area contributed by atoms with Gasteiger partial charge in [0.2, 0.25) is 11.8 Å². The first-order valence-corrected chi connectivity index (χ1v) is 8.26. The molecule has 0 fully saturated rings. The number of rotatable bonds is 9. The van der Waals surface area contributed by atoms with E-state index in [4.69, 9.17) is 15.2 Å². The van der Waals surface area contributed by atoms with Crippen LogP contribution in [0.25, 0.3) is 0 Å². The van der Waals surface area contributed by atoms with Crippen LogP contribution in [0.5, 0.6) is 11.6 Å². The molecule has 26 heavy (non-hydrogen) atoms. The lowest BCUT2D eigenvalue weighted by atomic mass is 10.2. The van der Waals surface area contributed by atoms with Crippen LogP contribution in [0.15, 0.2) is 24.4 Å². The molecule has 0 aliphatic carbocycles. The summed E-state index contributed by atoms with van der Waals surface area (Å²) in [6.45, 7) is 3.63. The second-order valence-electron chi connectivity index (χ2n) is 6.09. The number of benzene rings is 1. The summed E-state index contributed by atoms with van der Waals surface area (Å²) in [6.07, 6.45) is 2.30. The number of carbonyl (C=O) groups is 1. The molecule has 0 aliphatic rings. The summed E-state index contributed by atoms with van der Waals surface area (Å²) in [4.78, 5) is 21.7. The van der Waals surface area contributed by atoms with Gasteiger partial charge in [0.15, 0.2) is 0 Å². The van der Waals surface area contributed by atoms with Crippen molar-refractivity contribution in [2.45, 2.75) is 13.3 Å². The molecule has 0 unspecified atom stereocenters. The third-order valence-electron chi connectivity index (χ3n) is 3.65. The summed E-state index contributed by atoms with van der Waals surface area (Å²) in [5.74, 6) is 0.648. The van der Waals surface area contributed by atoms with Crippen molar-refractivity contribution in [2.75, 3.05) is 39.7 Å². The van der Waals surface area contributed by atoms with Crippen LogP contribution in [0.2, 0.25) is 0 Å². The summed E-state index contributed by atoms with van der Waals surface area (Å²) in [5, 5.41) is 3.08. The van der Waals surface area contributed by atoms with E-state index in [1.54, 1.807) is 0 Å². The van der Waals surface area contributed by atoms with Gasteiger partial charge in [0.05, 0.1) is 13.7 Å². The lowest BCUT2D eigenvalue weighted by Gasteiger charge is -2.13. The normalized spacial score (nSPS) is 10.7. The zero-order chi connectivity index (χ0) is 19.1. The van der Waals surface area contributed by atoms with E-state index in [1.807, 2.05) is 39.2 Å². The highest BCUT2D eigenvalue weighted by Crippen LogP contribution is 2.24. The van der Waals surface area contributed by atoms with Gasteiger partial charge in [0, 0.05) is 18.4 Å². The lowest BCUT2D eigenvalue weighted by molar-refractivity contribution is 0.0996. The van der Waals surface area contributed by atoms with Gasteiger partial charge in [-0.2, -0.15) is 4.98 Å². The summed E-state index contributed by atoms with van der Waals surface area (Å²) in [5.41, 5.74) is 7.20. The molecule has 8 heteroatoms. The molecule has 0 atom stereocenters. The molecule has 2 aromatic rings. The molecule has 1 heterocycles. The SMILES string of the molecule is COc1nc(Nc2ccc(OCCCN(C)C)c(C)c2)ncc1C(N)=O. The van der Waals surface area contributed by atoms with E-state index in [0.717, 1.165) is 30.0 Å². The number of aryl methyl sites for hydroxylation is 1. The highest BCUT2D eigenvalue weighted by atomic mass is 16.5. The molecule has 1 aromatic heterocycles. The third-order valence-corrected chi connectivity index (χ3v) is 3.65. The molecule has 0 radical (unpaired) electrons. The first-order valence-electron chi connectivity index (χ1n) is 8.26. The second kappa shape index (κ2) is 9.00. The molecule has 0 saturated heterocycles. The minimum absolute atomic E-state index is 0.132. The predicted octanol–water partition coefficient (Wildman–Crippen LogP) is 1.97. The average Bonchev–Trinajstić information content (AvgIpc) is 2.59. The number of primary amides is 1. The third kappa shape index (κ3) is 5.32. The Morgan fingerprint density at radius 1 is 1.35 bits per heavy atom. The van der Waals surface area contributed by atoms with Gasteiger partial charge in [-0.25, -0.2) is 4.98 Å². The summed E-state index contributed by atoms with van der Waals surface area (Å²) >= 11 is 0. The quantitative estimate of drug-likeness (QED) is 0.660. The Morgan fingerprint density at radius 2 is 2.12 bits per heavy atom. The van der Waals surface area contributed by atoms with Crippen molar-refractivity contribution < 1.29 is 14.3 Å². The van der Waals surface area contributed by atoms with Crippen LogP contribution in [0.1, 0.15) is 22.3 Å². The molecule has 8 nitrogen and oxygen atoms in total. The largest absolute Gasteiger partial charge is 0.493 e. The topological polar surface area (TPSA) is 103 Å². The van der Waals surface area contributed by atoms with Crippen LogP contribution in [0, 0.1) is 6.92 Å². The molecule has 0 bridgehead atoms. The van der Waals surface area contributed by atoms with Gasteiger partial charge in [-0.1, -0.05) is 0 Å². The number of hydrogen-bond donors (Lipinski definition) is 2. The molecular formula is C18H25N5O3. The number of hydrogen-bond acceptors (Lipinski definition) is 7. The van der Waals surface area contributed by atoms with Gasteiger partial charge in [0.25, 0.3) is 5.91 Å².